The first kappa shape index (κ1) is 49.3. The van der Waals surface area contributed by atoms with Crippen LogP contribution in [0.2, 0.25) is 0 Å². The molecule has 1 heterocycles. The standard InChI is InChI=1S/C47H82O7S/c1-4-6-8-10-12-14-16-18-20-22-24-26-28-30-32-34-36-51-44-38-43(47-53-41-46(54-47)42-55(48,49)50-3)39-45(40-44)52-37-35-33-31-29-27-25-23-21-19-17-15-13-11-9-7-5-2/h18-21,38-40,46-47H,4-17,22-37,41-42H2,1-3H3/b20-18-,21-19-. The highest BCUT2D eigenvalue weighted by atomic mass is 32.2. The zero-order chi connectivity index (χ0) is 39.5. The van der Waals surface area contributed by atoms with E-state index in [0.29, 0.717) is 13.2 Å². The molecule has 1 aliphatic heterocycles. The molecule has 0 bridgehead atoms. The molecule has 1 aliphatic rings. The lowest BCUT2D eigenvalue weighted by Crippen LogP contribution is -2.23. The number of unbranched alkanes of at least 4 members (excludes halogenated alkanes) is 24. The van der Waals surface area contributed by atoms with Crippen LogP contribution in [0.25, 0.3) is 0 Å². The average Bonchev–Trinajstić information content (AvgIpc) is 3.65. The Morgan fingerprint density at radius 1 is 0.564 bits per heavy atom. The van der Waals surface area contributed by atoms with Crippen molar-refractivity contribution < 1.29 is 31.5 Å². The summed E-state index contributed by atoms with van der Waals surface area (Å²) in [6, 6.07) is 5.80. The predicted octanol–water partition coefficient (Wildman–Crippen LogP) is 13.9. The van der Waals surface area contributed by atoms with E-state index in [-0.39, 0.29) is 12.4 Å². The molecule has 0 radical (unpaired) electrons. The molecule has 0 spiro atoms. The Bertz CT molecular complexity index is 1140. The third-order valence-electron chi connectivity index (χ3n) is 10.4. The van der Waals surface area contributed by atoms with Gasteiger partial charge < -0.3 is 18.9 Å². The van der Waals surface area contributed by atoms with Crippen LogP contribution in [0.4, 0.5) is 0 Å². The van der Waals surface area contributed by atoms with Crippen molar-refractivity contribution in [3.8, 4) is 11.5 Å². The van der Waals surface area contributed by atoms with E-state index >= 15 is 0 Å². The highest BCUT2D eigenvalue weighted by Crippen LogP contribution is 2.33. The Balaban J connectivity index is 1.66. The summed E-state index contributed by atoms with van der Waals surface area (Å²) in [6.45, 7) is 6.00. The Labute approximate surface area is 338 Å². The molecule has 1 aromatic rings. The van der Waals surface area contributed by atoms with Crippen LogP contribution >= 0.6 is 0 Å². The van der Waals surface area contributed by atoms with E-state index in [4.69, 9.17) is 18.9 Å². The molecular formula is C47H82O7S. The van der Waals surface area contributed by atoms with Crippen LogP contribution in [0.1, 0.15) is 205 Å². The van der Waals surface area contributed by atoms with Gasteiger partial charge in [0.25, 0.3) is 10.1 Å². The molecule has 2 atom stereocenters. The van der Waals surface area contributed by atoms with Crippen LogP contribution in [-0.2, 0) is 23.8 Å². The molecule has 318 valence electrons. The van der Waals surface area contributed by atoms with E-state index < -0.39 is 22.5 Å². The molecule has 0 saturated carbocycles. The summed E-state index contributed by atoms with van der Waals surface area (Å²) in [5, 5.41) is 0. The highest BCUT2D eigenvalue weighted by molar-refractivity contribution is 7.86. The molecule has 0 amide bonds. The monoisotopic (exact) mass is 791 g/mol. The fourth-order valence-electron chi connectivity index (χ4n) is 6.98. The minimum Gasteiger partial charge on any atom is -0.493 e. The minimum atomic E-state index is -3.65. The zero-order valence-electron chi connectivity index (χ0n) is 35.6. The van der Waals surface area contributed by atoms with Gasteiger partial charge in [0.1, 0.15) is 23.4 Å². The number of ether oxygens (including phenoxy) is 4. The van der Waals surface area contributed by atoms with Crippen molar-refractivity contribution in [1.82, 2.24) is 0 Å². The lowest BCUT2D eigenvalue weighted by atomic mass is 10.1. The first-order valence-corrected chi connectivity index (χ1v) is 24.3. The lowest BCUT2D eigenvalue weighted by molar-refractivity contribution is -0.0571. The number of hydrogen-bond acceptors (Lipinski definition) is 7. The van der Waals surface area contributed by atoms with Gasteiger partial charge in [0.15, 0.2) is 6.29 Å². The molecule has 1 fully saturated rings. The summed E-state index contributed by atoms with van der Waals surface area (Å²) >= 11 is 0. The molecule has 1 saturated heterocycles. The van der Waals surface area contributed by atoms with Crippen LogP contribution in [0.15, 0.2) is 42.5 Å². The van der Waals surface area contributed by atoms with Gasteiger partial charge in [-0.3, -0.25) is 4.18 Å². The number of hydrogen-bond donors (Lipinski definition) is 0. The van der Waals surface area contributed by atoms with Crippen molar-refractivity contribution in [3.63, 3.8) is 0 Å². The molecule has 2 unspecified atom stereocenters. The fraction of sp³-hybridized carbons (Fsp3) is 0.787. The molecule has 0 aliphatic carbocycles. The third kappa shape index (κ3) is 27.4. The molecule has 8 heteroatoms. The smallest absolute Gasteiger partial charge is 0.269 e. The SMILES string of the molecule is CCCCCCCC/C=C\CCCCCCCCOc1cc(OCCCCCCCC/C=C\CCCCCCCC)cc(C2OCC(CS(=O)(=O)OC)O2)c1. The maximum absolute atomic E-state index is 12.0. The van der Waals surface area contributed by atoms with Gasteiger partial charge in [0, 0.05) is 11.6 Å². The van der Waals surface area contributed by atoms with E-state index in [1.54, 1.807) is 0 Å². The van der Waals surface area contributed by atoms with E-state index in [9.17, 15) is 8.42 Å². The normalized spacial score (nSPS) is 16.2. The molecule has 55 heavy (non-hydrogen) atoms. The predicted molar refractivity (Wildman–Crippen MR) is 231 cm³/mol. The molecule has 0 aromatic heterocycles. The van der Waals surface area contributed by atoms with Gasteiger partial charge in [-0.2, -0.15) is 8.42 Å². The van der Waals surface area contributed by atoms with E-state index in [0.717, 1.165) is 42.7 Å². The molecule has 1 aromatic carbocycles. The summed E-state index contributed by atoms with van der Waals surface area (Å²) < 4.78 is 52.8. The summed E-state index contributed by atoms with van der Waals surface area (Å²) in [5.74, 6) is 1.20. The molecule has 2 rings (SSSR count). The second-order valence-corrected chi connectivity index (χ2v) is 17.4. The van der Waals surface area contributed by atoms with Gasteiger partial charge in [-0.15, -0.1) is 0 Å². The van der Waals surface area contributed by atoms with E-state index in [1.165, 1.54) is 161 Å². The Kier molecular flexibility index (Phi) is 30.6. The van der Waals surface area contributed by atoms with Gasteiger partial charge in [0.05, 0.1) is 26.9 Å². The Morgan fingerprint density at radius 3 is 1.35 bits per heavy atom. The van der Waals surface area contributed by atoms with Crippen LogP contribution < -0.4 is 9.47 Å². The summed E-state index contributed by atoms with van der Waals surface area (Å²) in [4.78, 5) is 0. The van der Waals surface area contributed by atoms with Gasteiger partial charge >= 0.3 is 0 Å². The summed E-state index contributed by atoms with van der Waals surface area (Å²) in [5.41, 5.74) is 0.770. The van der Waals surface area contributed by atoms with Gasteiger partial charge in [-0.05, 0) is 76.3 Å². The Morgan fingerprint density at radius 2 is 0.945 bits per heavy atom. The highest BCUT2D eigenvalue weighted by Gasteiger charge is 2.32. The van der Waals surface area contributed by atoms with Crippen molar-refractivity contribution in [1.29, 1.82) is 0 Å². The molecule has 0 N–H and O–H groups in total. The third-order valence-corrected chi connectivity index (χ3v) is 11.7. The number of benzene rings is 1. The number of rotatable bonds is 38. The minimum absolute atomic E-state index is 0.180. The molecular weight excluding hydrogens is 709 g/mol. The van der Waals surface area contributed by atoms with Gasteiger partial charge in [-0.25, -0.2) is 0 Å². The summed E-state index contributed by atoms with van der Waals surface area (Å²) in [7, 11) is -2.49. The maximum atomic E-state index is 12.0. The average molecular weight is 791 g/mol. The van der Waals surface area contributed by atoms with Crippen molar-refractivity contribution in [2.45, 2.75) is 206 Å². The first-order chi connectivity index (χ1) is 27.0. The van der Waals surface area contributed by atoms with Gasteiger partial charge in [-0.1, -0.05) is 154 Å². The fourth-order valence-corrected chi connectivity index (χ4v) is 7.75. The summed E-state index contributed by atoms with van der Waals surface area (Å²) in [6.07, 6.45) is 44.0. The van der Waals surface area contributed by atoms with Crippen LogP contribution in [-0.4, -0.2) is 47.2 Å². The van der Waals surface area contributed by atoms with Crippen molar-refractivity contribution in [2.75, 3.05) is 32.7 Å². The van der Waals surface area contributed by atoms with Gasteiger partial charge in [0.2, 0.25) is 0 Å². The van der Waals surface area contributed by atoms with Crippen LogP contribution in [0, 0.1) is 0 Å². The second kappa shape index (κ2) is 34.2. The molecule has 7 nitrogen and oxygen atoms in total. The first-order valence-electron chi connectivity index (χ1n) is 22.7. The largest absolute Gasteiger partial charge is 0.493 e. The van der Waals surface area contributed by atoms with Crippen molar-refractivity contribution in [3.05, 3.63) is 48.1 Å². The van der Waals surface area contributed by atoms with Crippen LogP contribution in [0.5, 0.6) is 11.5 Å². The van der Waals surface area contributed by atoms with Crippen molar-refractivity contribution >= 4 is 10.1 Å². The lowest BCUT2D eigenvalue weighted by Gasteiger charge is -2.16. The van der Waals surface area contributed by atoms with Crippen molar-refractivity contribution in [2.24, 2.45) is 0 Å². The quantitative estimate of drug-likeness (QED) is 0.0375. The topological polar surface area (TPSA) is 80.3 Å². The number of allylic oxidation sites excluding steroid dienone is 4. The Hall–Kier alpha value is -1.87. The zero-order valence-corrected chi connectivity index (χ0v) is 36.4. The van der Waals surface area contributed by atoms with Crippen LogP contribution in [0.3, 0.4) is 0 Å². The van der Waals surface area contributed by atoms with E-state index in [1.807, 2.05) is 18.2 Å². The maximum Gasteiger partial charge on any atom is 0.269 e. The second-order valence-electron chi connectivity index (χ2n) is 15.6. The van der Waals surface area contributed by atoms with E-state index in [2.05, 4.69) is 42.3 Å².